The van der Waals surface area contributed by atoms with Crippen molar-refractivity contribution in [1.82, 2.24) is 10.6 Å². The lowest BCUT2D eigenvalue weighted by Gasteiger charge is -2.23. The van der Waals surface area contributed by atoms with Crippen LogP contribution in [0.4, 0.5) is 0 Å². The first kappa shape index (κ1) is 24.0. The van der Waals surface area contributed by atoms with E-state index in [1.54, 1.807) is 14.2 Å². The normalized spacial score (nSPS) is 21.1. The van der Waals surface area contributed by atoms with Crippen molar-refractivity contribution in [2.24, 2.45) is 9.98 Å². The molecule has 2 atom stereocenters. The van der Waals surface area contributed by atoms with Gasteiger partial charge in [-0.25, -0.2) is 0 Å². The van der Waals surface area contributed by atoms with Gasteiger partial charge in [-0.15, -0.1) is 0 Å². The fraction of sp³-hybridized carbons (Fsp3) is 0.462. The van der Waals surface area contributed by atoms with Crippen LogP contribution < -0.4 is 20.1 Å². The standard InChI is InChI=1S/C26H36N4O2/c1-19-17-23(21-9-5-7-11-25(21)31-3)29-16-14-28-20(2)18-24(30-15-13-27-19)22-10-6-8-12-26(22)32-4/h5-12,23-24,29-30H,13-18H2,1-4H3. The summed E-state index contributed by atoms with van der Waals surface area (Å²) in [4.78, 5) is 9.69. The van der Waals surface area contributed by atoms with E-state index in [0.29, 0.717) is 0 Å². The van der Waals surface area contributed by atoms with Gasteiger partial charge in [0.05, 0.1) is 27.3 Å². The molecule has 3 rings (SSSR count). The Morgan fingerprint density at radius 3 is 1.50 bits per heavy atom. The summed E-state index contributed by atoms with van der Waals surface area (Å²) in [6.07, 6.45) is 1.66. The highest BCUT2D eigenvalue weighted by molar-refractivity contribution is 5.83. The second-order valence-corrected chi connectivity index (χ2v) is 8.14. The molecule has 2 N–H and O–H groups in total. The van der Waals surface area contributed by atoms with Crippen LogP contribution in [0.25, 0.3) is 0 Å². The lowest BCUT2D eigenvalue weighted by atomic mass is 9.99. The van der Waals surface area contributed by atoms with Crippen molar-refractivity contribution < 1.29 is 9.47 Å². The molecule has 0 aliphatic carbocycles. The smallest absolute Gasteiger partial charge is 0.123 e. The molecule has 2 unspecified atom stereocenters. The number of nitrogens with zero attached hydrogens (tertiary/aromatic N) is 2. The molecule has 0 aromatic heterocycles. The summed E-state index contributed by atoms with van der Waals surface area (Å²) in [7, 11) is 3.45. The number of nitrogens with one attached hydrogen (secondary N) is 2. The first-order valence-corrected chi connectivity index (χ1v) is 11.3. The molecule has 0 fully saturated rings. The molecule has 1 heterocycles. The molecule has 0 saturated heterocycles. The number of rotatable bonds is 4. The third-order valence-corrected chi connectivity index (χ3v) is 5.80. The van der Waals surface area contributed by atoms with E-state index in [0.717, 1.165) is 73.1 Å². The summed E-state index contributed by atoms with van der Waals surface area (Å²) in [5, 5.41) is 7.35. The van der Waals surface area contributed by atoms with Crippen molar-refractivity contribution in [3.8, 4) is 11.5 Å². The van der Waals surface area contributed by atoms with Crippen LogP contribution in [0.3, 0.4) is 0 Å². The fourth-order valence-electron chi connectivity index (χ4n) is 4.18. The average molecular weight is 437 g/mol. The van der Waals surface area contributed by atoms with E-state index in [-0.39, 0.29) is 12.1 Å². The number of hydrogen-bond donors (Lipinski definition) is 2. The van der Waals surface area contributed by atoms with Crippen LogP contribution in [0, 0.1) is 0 Å². The van der Waals surface area contributed by atoms with Gasteiger partial charge in [0.15, 0.2) is 0 Å². The Balaban J connectivity index is 1.79. The Labute approximate surface area is 192 Å². The van der Waals surface area contributed by atoms with Gasteiger partial charge in [-0.05, 0) is 26.0 Å². The molecule has 1 aliphatic heterocycles. The highest BCUT2D eigenvalue weighted by Crippen LogP contribution is 2.28. The van der Waals surface area contributed by atoms with Crippen molar-refractivity contribution in [2.45, 2.75) is 38.8 Å². The van der Waals surface area contributed by atoms with Crippen molar-refractivity contribution in [1.29, 1.82) is 0 Å². The average Bonchev–Trinajstić information content (AvgIpc) is 2.82. The molecule has 0 spiro atoms. The zero-order chi connectivity index (χ0) is 22.8. The van der Waals surface area contributed by atoms with E-state index < -0.39 is 0 Å². The van der Waals surface area contributed by atoms with Crippen molar-refractivity contribution >= 4 is 11.4 Å². The van der Waals surface area contributed by atoms with Crippen LogP contribution in [0.5, 0.6) is 11.5 Å². The summed E-state index contributed by atoms with van der Waals surface area (Å²) in [5.41, 5.74) is 4.57. The van der Waals surface area contributed by atoms with E-state index in [4.69, 9.17) is 19.5 Å². The minimum Gasteiger partial charge on any atom is -0.496 e. The molecule has 0 saturated carbocycles. The molecule has 2 aromatic carbocycles. The van der Waals surface area contributed by atoms with Crippen molar-refractivity contribution in [3.05, 3.63) is 59.7 Å². The van der Waals surface area contributed by atoms with Crippen LogP contribution in [-0.4, -0.2) is 51.8 Å². The van der Waals surface area contributed by atoms with Crippen molar-refractivity contribution in [2.75, 3.05) is 40.4 Å². The molecule has 0 bridgehead atoms. The number of methoxy groups -OCH3 is 2. The quantitative estimate of drug-likeness (QED) is 0.746. The first-order valence-electron chi connectivity index (χ1n) is 11.3. The van der Waals surface area contributed by atoms with Gasteiger partial charge in [0.1, 0.15) is 11.5 Å². The van der Waals surface area contributed by atoms with Crippen LogP contribution >= 0.6 is 0 Å². The molecule has 2 aromatic rings. The second-order valence-electron chi connectivity index (χ2n) is 8.14. The van der Waals surface area contributed by atoms with Crippen LogP contribution in [0.1, 0.15) is 49.9 Å². The minimum absolute atomic E-state index is 0.141. The molecule has 0 radical (unpaired) electrons. The molecule has 1 aliphatic rings. The van der Waals surface area contributed by atoms with Gasteiger partial charge in [0.25, 0.3) is 0 Å². The molecular weight excluding hydrogens is 400 g/mol. The van der Waals surface area contributed by atoms with E-state index >= 15 is 0 Å². The van der Waals surface area contributed by atoms with Gasteiger partial charge >= 0.3 is 0 Å². The van der Waals surface area contributed by atoms with Crippen molar-refractivity contribution in [3.63, 3.8) is 0 Å². The largest absolute Gasteiger partial charge is 0.496 e. The van der Waals surface area contributed by atoms with E-state index in [9.17, 15) is 0 Å². The first-order chi connectivity index (χ1) is 15.6. The summed E-state index contributed by atoms with van der Waals surface area (Å²) in [6.45, 7) is 7.25. The van der Waals surface area contributed by atoms with E-state index in [1.807, 2.05) is 24.3 Å². The van der Waals surface area contributed by atoms with Gasteiger partial charge in [-0.3, -0.25) is 9.98 Å². The third kappa shape index (κ3) is 6.65. The SMILES string of the molecule is COc1ccccc1C1CC(C)=NCCNC(c2ccccc2OC)CC(C)=NCCN1. The topological polar surface area (TPSA) is 67.2 Å². The Morgan fingerprint density at radius 2 is 1.09 bits per heavy atom. The zero-order valence-electron chi connectivity index (χ0n) is 19.7. The van der Waals surface area contributed by atoms with Crippen LogP contribution in [0.15, 0.2) is 58.5 Å². The van der Waals surface area contributed by atoms with Gasteiger partial charge in [0, 0.05) is 60.6 Å². The molecule has 6 nitrogen and oxygen atoms in total. The van der Waals surface area contributed by atoms with Gasteiger partial charge < -0.3 is 20.1 Å². The Bertz CT molecular complexity index is 850. The Kier molecular flexibility index (Phi) is 9.26. The number of para-hydroxylation sites is 2. The molecule has 6 heteroatoms. The molecule has 172 valence electrons. The van der Waals surface area contributed by atoms with E-state index in [2.05, 4.69) is 48.7 Å². The fourth-order valence-corrected chi connectivity index (χ4v) is 4.18. The maximum Gasteiger partial charge on any atom is 0.123 e. The van der Waals surface area contributed by atoms with Gasteiger partial charge in [0.2, 0.25) is 0 Å². The molecule has 0 amide bonds. The number of hydrogen-bond acceptors (Lipinski definition) is 6. The Morgan fingerprint density at radius 1 is 0.688 bits per heavy atom. The number of benzene rings is 2. The van der Waals surface area contributed by atoms with Crippen LogP contribution in [0.2, 0.25) is 0 Å². The lowest BCUT2D eigenvalue weighted by molar-refractivity contribution is 0.399. The Hall–Kier alpha value is -2.70. The molecular formula is C26H36N4O2. The highest BCUT2D eigenvalue weighted by Gasteiger charge is 2.18. The lowest BCUT2D eigenvalue weighted by Crippen LogP contribution is -2.29. The predicted molar refractivity (Wildman–Crippen MR) is 133 cm³/mol. The maximum atomic E-state index is 5.61. The summed E-state index contributed by atoms with van der Waals surface area (Å²) in [6, 6.07) is 16.7. The summed E-state index contributed by atoms with van der Waals surface area (Å²) in [5.74, 6) is 1.81. The predicted octanol–water partition coefficient (Wildman–Crippen LogP) is 4.38. The highest BCUT2D eigenvalue weighted by atomic mass is 16.5. The van der Waals surface area contributed by atoms with Gasteiger partial charge in [-0.1, -0.05) is 36.4 Å². The maximum absolute atomic E-state index is 5.61. The monoisotopic (exact) mass is 436 g/mol. The zero-order valence-corrected chi connectivity index (χ0v) is 19.7. The van der Waals surface area contributed by atoms with E-state index in [1.165, 1.54) is 0 Å². The summed E-state index contributed by atoms with van der Waals surface area (Å²) >= 11 is 0. The van der Waals surface area contributed by atoms with Gasteiger partial charge in [-0.2, -0.15) is 0 Å². The second kappa shape index (κ2) is 12.4. The third-order valence-electron chi connectivity index (χ3n) is 5.80. The number of aliphatic imine (C=N–C) groups is 2. The summed E-state index contributed by atoms with van der Waals surface area (Å²) < 4.78 is 11.2. The molecule has 32 heavy (non-hydrogen) atoms. The minimum atomic E-state index is 0.141. The van der Waals surface area contributed by atoms with Crippen LogP contribution in [-0.2, 0) is 0 Å². The number of ether oxygens (including phenoxy) is 2.